The fourth-order valence-corrected chi connectivity index (χ4v) is 6.79. The van der Waals surface area contributed by atoms with Crippen LogP contribution >= 0.6 is 0 Å². The number of benzene rings is 1. The van der Waals surface area contributed by atoms with Crippen molar-refractivity contribution < 1.29 is 9.59 Å². The molecule has 5 aliphatic rings. The van der Waals surface area contributed by atoms with E-state index < -0.39 is 0 Å². The Kier molecular flexibility index (Phi) is 4.92. The van der Waals surface area contributed by atoms with Crippen LogP contribution in [0.25, 0.3) is 0 Å². The van der Waals surface area contributed by atoms with Crippen LogP contribution in [0.4, 0.5) is 0 Å². The van der Waals surface area contributed by atoms with Gasteiger partial charge >= 0.3 is 0 Å². The summed E-state index contributed by atoms with van der Waals surface area (Å²) >= 11 is 0. The molecule has 1 aromatic carbocycles. The highest BCUT2D eigenvalue weighted by Gasteiger charge is 2.54. The zero-order chi connectivity index (χ0) is 20.0. The molecule has 2 amide bonds. The zero-order valence-electron chi connectivity index (χ0n) is 17.6. The van der Waals surface area contributed by atoms with Gasteiger partial charge in [-0.3, -0.25) is 9.59 Å². The Hall–Kier alpha value is -1.84. The molecule has 5 aliphatic carbocycles. The van der Waals surface area contributed by atoms with Gasteiger partial charge in [-0.1, -0.05) is 29.8 Å². The Balaban J connectivity index is 1.13. The summed E-state index contributed by atoms with van der Waals surface area (Å²) in [5.74, 6) is 3.13. The van der Waals surface area contributed by atoms with Crippen LogP contribution in [0.2, 0.25) is 0 Å². The first-order valence-electron chi connectivity index (χ1n) is 11.6. The molecule has 1 unspecified atom stereocenters. The molecule has 4 heteroatoms. The van der Waals surface area contributed by atoms with Crippen molar-refractivity contribution in [2.24, 2.45) is 29.1 Å². The van der Waals surface area contributed by atoms with E-state index in [0.717, 1.165) is 37.0 Å². The van der Waals surface area contributed by atoms with Crippen molar-refractivity contribution >= 4 is 11.8 Å². The van der Waals surface area contributed by atoms with Crippen LogP contribution in [0, 0.1) is 36.0 Å². The lowest BCUT2D eigenvalue weighted by Gasteiger charge is -2.55. The second-order valence-corrected chi connectivity index (χ2v) is 10.5. The van der Waals surface area contributed by atoms with Crippen LogP contribution in [0.5, 0.6) is 0 Å². The summed E-state index contributed by atoms with van der Waals surface area (Å²) in [6.07, 6.45) is 10.00. The molecular weight excluding hydrogens is 360 g/mol. The second-order valence-electron chi connectivity index (χ2n) is 10.5. The molecule has 156 valence electrons. The molecule has 0 heterocycles. The molecule has 0 spiro atoms. The van der Waals surface area contributed by atoms with Crippen LogP contribution in [0.15, 0.2) is 24.3 Å². The lowest BCUT2D eigenvalue weighted by Crippen LogP contribution is -2.53. The monoisotopic (exact) mass is 394 g/mol. The molecule has 29 heavy (non-hydrogen) atoms. The zero-order valence-corrected chi connectivity index (χ0v) is 17.6. The molecule has 0 radical (unpaired) electrons. The van der Waals surface area contributed by atoms with Gasteiger partial charge in [-0.05, 0) is 87.5 Å². The van der Waals surface area contributed by atoms with Crippen molar-refractivity contribution in [3.63, 3.8) is 0 Å². The summed E-state index contributed by atoms with van der Waals surface area (Å²) in [6, 6.07) is 8.60. The SMILES string of the molecule is Cc1ccc(C(NC(=O)CCNC(=O)C23CC4CC(CC(C4)C2)C3)C2CC2)cc1. The lowest BCUT2D eigenvalue weighted by atomic mass is 9.49. The molecular formula is C25H34N2O2. The van der Waals surface area contributed by atoms with Gasteiger partial charge in [0.15, 0.2) is 0 Å². The quantitative estimate of drug-likeness (QED) is 0.725. The van der Waals surface area contributed by atoms with Gasteiger partial charge in [-0.15, -0.1) is 0 Å². The van der Waals surface area contributed by atoms with Gasteiger partial charge in [-0.25, -0.2) is 0 Å². The van der Waals surface area contributed by atoms with Gasteiger partial charge in [0.2, 0.25) is 11.8 Å². The molecule has 0 saturated heterocycles. The Morgan fingerprint density at radius 3 is 2.14 bits per heavy atom. The van der Waals surface area contributed by atoms with E-state index in [0.29, 0.717) is 18.9 Å². The first-order valence-corrected chi connectivity index (χ1v) is 11.6. The van der Waals surface area contributed by atoms with E-state index in [1.165, 1.54) is 43.2 Å². The van der Waals surface area contributed by atoms with Gasteiger partial charge in [0.25, 0.3) is 0 Å². The number of nitrogens with one attached hydrogen (secondary N) is 2. The highest BCUT2D eigenvalue weighted by Crippen LogP contribution is 2.60. The Morgan fingerprint density at radius 2 is 1.59 bits per heavy atom. The smallest absolute Gasteiger partial charge is 0.226 e. The molecule has 0 aromatic heterocycles. The Bertz CT molecular complexity index is 745. The highest BCUT2D eigenvalue weighted by molar-refractivity contribution is 5.84. The summed E-state index contributed by atoms with van der Waals surface area (Å²) in [5, 5.41) is 6.37. The third-order valence-electron chi connectivity index (χ3n) is 8.00. The highest BCUT2D eigenvalue weighted by atomic mass is 16.2. The van der Waals surface area contributed by atoms with Crippen molar-refractivity contribution in [2.75, 3.05) is 6.54 Å². The lowest BCUT2D eigenvalue weighted by molar-refractivity contribution is -0.146. The first-order chi connectivity index (χ1) is 14.0. The number of carbonyl (C=O) groups excluding carboxylic acids is 2. The van der Waals surface area contributed by atoms with Crippen LogP contribution in [-0.2, 0) is 9.59 Å². The van der Waals surface area contributed by atoms with E-state index >= 15 is 0 Å². The molecule has 4 bridgehead atoms. The minimum atomic E-state index is -0.121. The number of hydrogen-bond acceptors (Lipinski definition) is 2. The Morgan fingerprint density at radius 1 is 1.00 bits per heavy atom. The largest absolute Gasteiger partial charge is 0.355 e. The number of hydrogen-bond donors (Lipinski definition) is 2. The second kappa shape index (κ2) is 7.45. The molecule has 5 saturated carbocycles. The molecule has 6 rings (SSSR count). The Labute approximate surface area is 174 Å². The molecule has 1 aromatic rings. The molecule has 2 N–H and O–H groups in total. The number of aryl methyl sites for hydroxylation is 1. The predicted octanol–water partition coefficient (Wildman–Crippen LogP) is 4.29. The third kappa shape index (κ3) is 3.95. The van der Waals surface area contributed by atoms with Gasteiger partial charge < -0.3 is 10.6 Å². The molecule has 4 nitrogen and oxygen atoms in total. The van der Waals surface area contributed by atoms with Crippen molar-refractivity contribution in [3.8, 4) is 0 Å². The summed E-state index contributed by atoms with van der Waals surface area (Å²) < 4.78 is 0. The van der Waals surface area contributed by atoms with Crippen LogP contribution < -0.4 is 10.6 Å². The maximum absolute atomic E-state index is 13.0. The van der Waals surface area contributed by atoms with Crippen molar-refractivity contribution in [3.05, 3.63) is 35.4 Å². The van der Waals surface area contributed by atoms with Gasteiger partial charge in [0, 0.05) is 18.4 Å². The minimum Gasteiger partial charge on any atom is -0.355 e. The van der Waals surface area contributed by atoms with Crippen molar-refractivity contribution in [1.82, 2.24) is 10.6 Å². The summed E-state index contributed by atoms with van der Waals surface area (Å²) in [6.45, 7) is 2.54. The standard InChI is InChI=1S/C25H34N2O2/c1-16-2-4-20(5-3-16)23(21-6-7-21)27-22(28)8-9-26-24(29)25-13-17-10-18(14-25)12-19(11-17)15-25/h2-5,17-19,21,23H,6-15H2,1H3,(H,26,29)(H,27,28). The van der Waals surface area contributed by atoms with E-state index in [1.807, 2.05) is 0 Å². The van der Waals surface area contributed by atoms with Gasteiger partial charge in [0.1, 0.15) is 0 Å². The van der Waals surface area contributed by atoms with Gasteiger partial charge in [0.05, 0.1) is 6.04 Å². The average Bonchev–Trinajstić information content (AvgIpc) is 3.51. The summed E-state index contributed by atoms with van der Waals surface area (Å²) in [7, 11) is 0. The minimum absolute atomic E-state index is 0.0493. The fourth-order valence-electron chi connectivity index (χ4n) is 6.79. The van der Waals surface area contributed by atoms with Crippen LogP contribution in [0.3, 0.4) is 0 Å². The summed E-state index contributed by atoms with van der Waals surface area (Å²) in [4.78, 5) is 25.6. The van der Waals surface area contributed by atoms with Gasteiger partial charge in [-0.2, -0.15) is 0 Å². The van der Waals surface area contributed by atoms with E-state index in [9.17, 15) is 9.59 Å². The van der Waals surface area contributed by atoms with Crippen LogP contribution in [0.1, 0.15) is 75.0 Å². The molecule has 0 aliphatic heterocycles. The van der Waals surface area contributed by atoms with Crippen molar-refractivity contribution in [1.29, 1.82) is 0 Å². The van der Waals surface area contributed by atoms with E-state index in [2.05, 4.69) is 41.8 Å². The third-order valence-corrected chi connectivity index (χ3v) is 8.00. The average molecular weight is 395 g/mol. The molecule has 1 atom stereocenters. The fraction of sp³-hybridized carbons (Fsp3) is 0.680. The normalized spacial score (nSPS) is 33.3. The number of amides is 2. The first kappa shape index (κ1) is 19.1. The van der Waals surface area contributed by atoms with Crippen LogP contribution in [-0.4, -0.2) is 18.4 Å². The van der Waals surface area contributed by atoms with Crippen molar-refractivity contribution in [2.45, 2.75) is 70.8 Å². The number of rotatable bonds is 7. The van der Waals surface area contributed by atoms with E-state index in [-0.39, 0.29) is 23.3 Å². The number of carbonyl (C=O) groups is 2. The van der Waals surface area contributed by atoms with E-state index in [1.54, 1.807) is 0 Å². The topological polar surface area (TPSA) is 58.2 Å². The predicted molar refractivity (Wildman–Crippen MR) is 113 cm³/mol. The maximum atomic E-state index is 13.0. The molecule has 5 fully saturated rings. The summed E-state index contributed by atoms with van der Waals surface area (Å²) in [5.41, 5.74) is 2.31. The maximum Gasteiger partial charge on any atom is 0.226 e. The van der Waals surface area contributed by atoms with E-state index in [4.69, 9.17) is 0 Å².